The van der Waals surface area contributed by atoms with Crippen LogP contribution in [0, 0.1) is 6.92 Å². The predicted octanol–water partition coefficient (Wildman–Crippen LogP) is 3.17. The van der Waals surface area contributed by atoms with E-state index in [1.165, 1.54) is 11.1 Å². The van der Waals surface area contributed by atoms with Gasteiger partial charge < -0.3 is 9.32 Å². The second kappa shape index (κ2) is 7.83. The third-order valence-electron chi connectivity index (χ3n) is 4.88. The monoisotopic (exact) mass is 341 g/mol. The van der Waals surface area contributed by atoms with Crippen LogP contribution in [0.5, 0.6) is 0 Å². The Kier molecular flexibility index (Phi) is 5.53. The molecule has 1 unspecified atom stereocenters. The number of oxazole rings is 1. The van der Waals surface area contributed by atoms with Gasteiger partial charge in [-0.3, -0.25) is 9.69 Å². The lowest BCUT2D eigenvalue weighted by atomic mass is 10.1. The Morgan fingerprint density at radius 3 is 2.76 bits per heavy atom. The highest BCUT2D eigenvalue weighted by Gasteiger charge is 2.30. The fourth-order valence-corrected chi connectivity index (χ4v) is 3.39. The Bertz CT molecular complexity index is 708. The van der Waals surface area contributed by atoms with Gasteiger partial charge in [0, 0.05) is 39.0 Å². The largest absolute Gasteiger partial charge is 0.444 e. The zero-order valence-corrected chi connectivity index (χ0v) is 15.4. The van der Waals surface area contributed by atoms with Crippen LogP contribution in [0.25, 0.3) is 0 Å². The van der Waals surface area contributed by atoms with E-state index in [9.17, 15) is 4.79 Å². The molecule has 2 heterocycles. The summed E-state index contributed by atoms with van der Waals surface area (Å²) in [5, 5.41) is 0. The zero-order chi connectivity index (χ0) is 17.8. The number of likely N-dealkylation sites (tertiary alicyclic amines) is 1. The number of carbonyl (C=O) groups is 1. The maximum absolute atomic E-state index is 12.2. The van der Waals surface area contributed by atoms with Gasteiger partial charge in [0.05, 0.1) is 12.7 Å². The van der Waals surface area contributed by atoms with Crippen LogP contribution in [0.3, 0.4) is 0 Å². The van der Waals surface area contributed by atoms with E-state index in [0.29, 0.717) is 12.4 Å². The van der Waals surface area contributed by atoms with Crippen molar-refractivity contribution in [1.29, 1.82) is 0 Å². The summed E-state index contributed by atoms with van der Waals surface area (Å²) >= 11 is 0. The first-order valence-corrected chi connectivity index (χ1v) is 9.04. The third kappa shape index (κ3) is 4.48. The zero-order valence-electron chi connectivity index (χ0n) is 15.4. The van der Waals surface area contributed by atoms with Crippen LogP contribution >= 0.6 is 0 Å². The smallest absolute Gasteiger partial charge is 0.220 e. The number of benzene rings is 1. The molecule has 1 amide bonds. The Morgan fingerprint density at radius 2 is 2.12 bits per heavy atom. The summed E-state index contributed by atoms with van der Waals surface area (Å²) < 4.78 is 5.69. The SMILES string of the molecule is CCc1cnc(CN(C(C)=O)C2CCN(Cc3ccc(C)cc3)C2)o1. The van der Waals surface area contributed by atoms with Crippen LogP contribution in [0.4, 0.5) is 0 Å². The first-order valence-electron chi connectivity index (χ1n) is 9.04. The molecule has 25 heavy (non-hydrogen) atoms. The van der Waals surface area contributed by atoms with Gasteiger partial charge in [-0.15, -0.1) is 0 Å². The molecule has 134 valence electrons. The summed E-state index contributed by atoms with van der Waals surface area (Å²) in [4.78, 5) is 20.8. The average Bonchev–Trinajstić information content (AvgIpc) is 3.23. The molecule has 1 saturated heterocycles. The van der Waals surface area contributed by atoms with Crippen molar-refractivity contribution in [3.05, 3.63) is 53.2 Å². The van der Waals surface area contributed by atoms with Crippen LogP contribution in [0.15, 0.2) is 34.9 Å². The molecule has 3 rings (SSSR count). The Morgan fingerprint density at radius 1 is 1.36 bits per heavy atom. The second-order valence-corrected chi connectivity index (χ2v) is 6.88. The Balaban J connectivity index is 1.61. The molecule has 0 saturated carbocycles. The molecule has 1 aliphatic heterocycles. The number of hydrogen-bond acceptors (Lipinski definition) is 4. The molecule has 0 radical (unpaired) electrons. The van der Waals surface area contributed by atoms with Crippen molar-refractivity contribution in [3.63, 3.8) is 0 Å². The molecule has 2 aromatic rings. The summed E-state index contributed by atoms with van der Waals surface area (Å²) in [6.45, 7) is 9.06. The number of rotatable bonds is 6. The van der Waals surface area contributed by atoms with E-state index in [4.69, 9.17) is 4.42 Å². The van der Waals surface area contributed by atoms with Gasteiger partial charge in [-0.05, 0) is 18.9 Å². The van der Waals surface area contributed by atoms with Crippen LogP contribution in [0.1, 0.15) is 43.0 Å². The van der Waals surface area contributed by atoms with Crippen LogP contribution in [0.2, 0.25) is 0 Å². The average molecular weight is 341 g/mol. The molecule has 5 nitrogen and oxygen atoms in total. The maximum Gasteiger partial charge on any atom is 0.220 e. The maximum atomic E-state index is 12.2. The van der Waals surface area contributed by atoms with Crippen molar-refractivity contribution in [2.75, 3.05) is 13.1 Å². The van der Waals surface area contributed by atoms with Gasteiger partial charge >= 0.3 is 0 Å². The van der Waals surface area contributed by atoms with Gasteiger partial charge in [-0.1, -0.05) is 36.8 Å². The van der Waals surface area contributed by atoms with Gasteiger partial charge in [-0.2, -0.15) is 0 Å². The molecule has 0 N–H and O–H groups in total. The molecular formula is C20H27N3O2. The Labute approximate surface area is 149 Å². The van der Waals surface area contributed by atoms with Gasteiger partial charge in [-0.25, -0.2) is 4.98 Å². The highest BCUT2D eigenvalue weighted by molar-refractivity contribution is 5.73. The number of carbonyl (C=O) groups excluding carboxylic acids is 1. The number of aryl methyl sites for hydroxylation is 2. The highest BCUT2D eigenvalue weighted by Crippen LogP contribution is 2.21. The van der Waals surface area contributed by atoms with E-state index >= 15 is 0 Å². The molecule has 1 aliphatic rings. The molecule has 0 bridgehead atoms. The topological polar surface area (TPSA) is 49.6 Å². The quantitative estimate of drug-likeness (QED) is 0.810. The first kappa shape index (κ1) is 17.7. The predicted molar refractivity (Wildman–Crippen MR) is 97.0 cm³/mol. The third-order valence-corrected chi connectivity index (χ3v) is 4.88. The van der Waals surface area contributed by atoms with Crippen LogP contribution in [-0.2, 0) is 24.3 Å². The van der Waals surface area contributed by atoms with E-state index in [1.54, 1.807) is 13.1 Å². The van der Waals surface area contributed by atoms with E-state index in [1.807, 2.05) is 11.8 Å². The van der Waals surface area contributed by atoms with Gasteiger partial charge in [0.15, 0.2) is 0 Å². The molecule has 1 fully saturated rings. The molecule has 1 aromatic carbocycles. The summed E-state index contributed by atoms with van der Waals surface area (Å²) in [6.07, 6.45) is 3.57. The normalized spacial score (nSPS) is 17.8. The summed E-state index contributed by atoms with van der Waals surface area (Å²) in [5.74, 6) is 1.58. The fraction of sp³-hybridized carbons (Fsp3) is 0.500. The minimum absolute atomic E-state index is 0.0819. The van der Waals surface area contributed by atoms with Crippen molar-refractivity contribution in [1.82, 2.24) is 14.8 Å². The summed E-state index contributed by atoms with van der Waals surface area (Å²) in [7, 11) is 0. The van der Waals surface area contributed by atoms with Gasteiger partial charge in [0.1, 0.15) is 5.76 Å². The molecule has 1 aromatic heterocycles. The van der Waals surface area contributed by atoms with E-state index in [2.05, 4.69) is 41.1 Å². The van der Waals surface area contributed by atoms with Crippen molar-refractivity contribution in [2.45, 2.75) is 52.7 Å². The van der Waals surface area contributed by atoms with Gasteiger partial charge in [0.25, 0.3) is 0 Å². The minimum atomic E-state index is 0.0819. The van der Waals surface area contributed by atoms with Crippen molar-refractivity contribution in [3.8, 4) is 0 Å². The molecule has 1 atom stereocenters. The summed E-state index contributed by atoms with van der Waals surface area (Å²) in [6, 6.07) is 8.89. The highest BCUT2D eigenvalue weighted by atomic mass is 16.4. The number of amides is 1. The standard InChI is InChI=1S/C20H27N3O2/c1-4-19-11-21-20(25-19)14-23(16(3)24)18-9-10-22(13-18)12-17-7-5-15(2)6-8-17/h5-8,11,18H,4,9-10,12-14H2,1-3H3. The van der Waals surface area contributed by atoms with Crippen molar-refractivity contribution < 1.29 is 9.21 Å². The number of nitrogens with zero attached hydrogens (tertiary/aromatic N) is 3. The van der Waals surface area contributed by atoms with Crippen molar-refractivity contribution in [2.24, 2.45) is 0 Å². The lowest BCUT2D eigenvalue weighted by molar-refractivity contribution is -0.132. The lowest BCUT2D eigenvalue weighted by Crippen LogP contribution is -2.40. The van der Waals surface area contributed by atoms with E-state index in [0.717, 1.165) is 38.2 Å². The number of aromatic nitrogens is 1. The molecule has 0 spiro atoms. The minimum Gasteiger partial charge on any atom is -0.444 e. The molecular weight excluding hydrogens is 314 g/mol. The lowest BCUT2D eigenvalue weighted by Gasteiger charge is -2.27. The van der Waals surface area contributed by atoms with E-state index < -0.39 is 0 Å². The van der Waals surface area contributed by atoms with E-state index in [-0.39, 0.29) is 11.9 Å². The van der Waals surface area contributed by atoms with Crippen LogP contribution in [-0.4, -0.2) is 39.8 Å². The summed E-state index contributed by atoms with van der Waals surface area (Å²) in [5.41, 5.74) is 2.60. The molecule has 0 aliphatic carbocycles. The molecule has 5 heteroatoms. The first-order chi connectivity index (χ1) is 12.0. The number of hydrogen-bond donors (Lipinski definition) is 0. The van der Waals surface area contributed by atoms with Crippen LogP contribution < -0.4 is 0 Å². The fourth-order valence-electron chi connectivity index (χ4n) is 3.39. The van der Waals surface area contributed by atoms with Gasteiger partial charge in [0.2, 0.25) is 11.8 Å². The Hall–Kier alpha value is -2.14. The second-order valence-electron chi connectivity index (χ2n) is 6.88. The van der Waals surface area contributed by atoms with Crippen molar-refractivity contribution >= 4 is 5.91 Å².